The number of hydrogen-bond donors (Lipinski definition) is 1. The number of nitrogens with one attached hydrogen (secondary N) is 1. The van der Waals surface area contributed by atoms with Crippen molar-refractivity contribution in [3.63, 3.8) is 0 Å². The molecule has 2 atom stereocenters. The van der Waals surface area contributed by atoms with Crippen LogP contribution in [0.1, 0.15) is 13.3 Å². The highest BCUT2D eigenvalue weighted by Crippen LogP contribution is 2.21. The fourth-order valence-electron chi connectivity index (χ4n) is 2.47. The van der Waals surface area contributed by atoms with Gasteiger partial charge in [-0.1, -0.05) is 0 Å². The standard InChI is InChI=1S/C14H23N3O2S/c1-11-9-13(10-17(11)4)15-12-5-7-14(8-6-12)20(18,19)16(2)3/h5-8,11,13,15H,9-10H2,1-4H3. The van der Waals surface area contributed by atoms with Gasteiger partial charge in [-0.15, -0.1) is 0 Å². The summed E-state index contributed by atoms with van der Waals surface area (Å²) in [7, 11) is 1.86. The second-order valence-corrected chi connectivity index (χ2v) is 7.83. The maximum atomic E-state index is 12.0. The van der Waals surface area contributed by atoms with Crippen LogP contribution in [0.2, 0.25) is 0 Å². The number of rotatable bonds is 4. The van der Waals surface area contributed by atoms with Crippen LogP contribution < -0.4 is 5.32 Å². The molecule has 20 heavy (non-hydrogen) atoms. The van der Waals surface area contributed by atoms with Gasteiger partial charge in [-0.05, 0) is 44.7 Å². The molecule has 0 saturated carbocycles. The molecule has 6 heteroatoms. The van der Waals surface area contributed by atoms with E-state index in [1.807, 2.05) is 12.1 Å². The van der Waals surface area contributed by atoms with Gasteiger partial charge in [-0.2, -0.15) is 0 Å². The van der Waals surface area contributed by atoms with Crippen LogP contribution in [0.4, 0.5) is 5.69 Å². The largest absolute Gasteiger partial charge is 0.381 e. The summed E-state index contributed by atoms with van der Waals surface area (Å²) in [5.74, 6) is 0. The van der Waals surface area contributed by atoms with E-state index in [0.717, 1.165) is 18.7 Å². The molecule has 1 saturated heterocycles. The lowest BCUT2D eigenvalue weighted by Gasteiger charge is -2.15. The second kappa shape index (κ2) is 5.71. The van der Waals surface area contributed by atoms with Crippen molar-refractivity contribution in [1.29, 1.82) is 0 Å². The molecule has 0 amide bonds. The van der Waals surface area contributed by atoms with E-state index in [0.29, 0.717) is 17.0 Å². The molecule has 2 unspecified atom stereocenters. The minimum Gasteiger partial charge on any atom is -0.381 e. The minimum absolute atomic E-state index is 0.324. The molecule has 1 N–H and O–H groups in total. The Kier molecular flexibility index (Phi) is 4.36. The van der Waals surface area contributed by atoms with Gasteiger partial charge < -0.3 is 10.2 Å². The summed E-state index contributed by atoms with van der Waals surface area (Å²) in [6.45, 7) is 3.23. The number of hydrogen-bond acceptors (Lipinski definition) is 4. The Morgan fingerprint density at radius 2 is 1.85 bits per heavy atom. The fourth-order valence-corrected chi connectivity index (χ4v) is 3.37. The summed E-state index contributed by atoms with van der Waals surface area (Å²) in [6.07, 6.45) is 1.11. The van der Waals surface area contributed by atoms with Crippen molar-refractivity contribution < 1.29 is 8.42 Å². The minimum atomic E-state index is -3.34. The molecule has 2 rings (SSSR count). The Balaban J connectivity index is 2.06. The van der Waals surface area contributed by atoms with Gasteiger partial charge in [0.15, 0.2) is 0 Å². The van der Waals surface area contributed by atoms with Gasteiger partial charge in [0, 0.05) is 38.4 Å². The average molecular weight is 297 g/mol. The molecule has 1 aromatic rings. The Hall–Kier alpha value is -1.11. The average Bonchev–Trinajstić information content (AvgIpc) is 2.68. The quantitative estimate of drug-likeness (QED) is 0.914. The third-order valence-corrected chi connectivity index (χ3v) is 5.72. The Labute approximate surface area is 121 Å². The maximum absolute atomic E-state index is 12.0. The SMILES string of the molecule is CC1CC(Nc2ccc(S(=O)(=O)N(C)C)cc2)CN1C. The maximum Gasteiger partial charge on any atom is 0.242 e. The summed E-state index contributed by atoms with van der Waals surface area (Å²) in [5.41, 5.74) is 0.968. The van der Waals surface area contributed by atoms with Gasteiger partial charge in [-0.3, -0.25) is 0 Å². The molecule has 0 aromatic heterocycles. The van der Waals surface area contributed by atoms with Crippen molar-refractivity contribution in [2.45, 2.75) is 30.3 Å². The van der Waals surface area contributed by atoms with Gasteiger partial charge in [-0.25, -0.2) is 12.7 Å². The van der Waals surface area contributed by atoms with Crippen LogP contribution in [0.5, 0.6) is 0 Å². The Bertz CT molecular complexity index is 544. The summed E-state index contributed by atoms with van der Waals surface area (Å²) >= 11 is 0. The summed E-state index contributed by atoms with van der Waals surface area (Å²) in [6, 6.07) is 7.98. The summed E-state index contributed by atoms with van der Waals surface area (Å²) in [4.78, 5) is 2.65. The van der Waals surface area contributed by atoms with Gasteiger partial charge in [0.25, 0.3) is 0 Å². The Morgan fingerprint density at radius 1 is 1.25 bits per heavy atom. The molecule has 0 radical (unpaired) electrons. The van der Waals surface area contributed by atoms with Crippen LogP contribution >= 0.6 is 0 Å². The van der Waals surface area contributed by atoms with Crippen molar-refractivity contribution in [3.8, 4) is 0 Å². The molecule has 0 spiro atoms. The zero-order valence-corrected chi connectivity index (χ0v) is 13.3. The highest BCUT2D eigenvalue weighted by atomic mass is 32.2. The molecule has 0 aliphatic carbocycles. The highest BCUT2D eigenvalue weighted by Gasteiger charge is 2.25. The van der Waals surface area contributed by atoms with Crippen LogP contribution in [0, 0.1) is 0 Å². The topological polar surface area (TPSA) is 52.7 Å². The van der Waals surface area contributed by atoms with Crippen molar-refractivity contribution in [1.82, 2.24) is 9.21 Å². The van der Waals surface area contributed by atoms with Crippen LogP contribution in [-0.4, -0.2) is 57.4 Å². The molecular formula is C14H23N3O2S. The van der Waals surface area contributed by atoms with E-state index in [4.69, 9.17) is 0 Å². The third kappa shape index (κ3) is 3.13. The number of benzene rings is 1. The van der Waals surface area contributed by atoms with Crippen LogP contribution in [-0.2, 0) is 10.0 Å². The lowest BCUT2D eigenvalue weighted by atomic mass is 10.2. The van der Waals surface area contributed by atoms with Crippen molar-refractivity contribution >= 4 is 15.7 Å². The summed E-state index contributed by atoms with van der Waals surface area (Å²) in [5, 5.41) is 3.46. The zero-order valence-electron chi connectivity index (χ0n) is 12.5. The van der Waals surface area contributed by atoms with Gasteiger partial charge in [0.1, 0.15) is 0 Å². The number of likely N-dealkylation sites (tertiary alicyclic amines) is 1. The van der Waals surface area contributed by atoms with E-state index in [1.54, 1.807) is 12.1 Å². The normalized spacial score (nSPS) is 24.2. The molecule has 1 aliphatic rings. The first kappa shape index (κ1) is 15.3. The Morgan fingerprint density at radius 3 is 2.30 bits per heavy atom. The van der Waals surface area contributed by atoms with Crippen LogP contribution in [0.25, 0.3) is 0 Å². The smallest absolute Gasteiger partial charge is 0.242 e. The van der Waals surface area contributed by atoms with Crippen LogP contribution in [0.15, 0.2) is 29.2 Å². The van der Waals surface area contributed by atoms with Crippen molar-refractivity contribution in [2.24, 2.45) is 0 Å². The first-order valence-electron chi connectivity index (χ1n) is 6.80. The lowest BCUT2D eigenvalue weighted by molar-refractivity contribution is 0.330. The zero-order chi connectivity index (χ0) is 14.9. The summed E-state index contributed by atoms with van der Waals surface area (Å²) < 4.78 is 25.2. The molecule has 0 bridgehead atoms. The number of likely N-dealkylation sites (N-methyl/N-ethyl adjacent to an activating group) is 1. The second-order valence-electron chi connectivity index (χ2n) is 5.68. The number of nitrogens with zero attached hydrogens (tertiary/aromatic N) is 2. The fraction of sp³-hybridized carbons (Fsp3) is 0.571. The van der Waals surface area contributed by atoms with Crippen molar-refractivity contribution in [3.05, 3.63) is 24.3 Å². The van der Waals surface area contributed by atoms with Gasteiger partial charge >= 0.3 is 0 Å². The van der Waals surface area contributed by atoms with Gasteiger partial charge in [0.2, 0.25) is 10.0 Å². The predicted molar refractivity (Wildman–Crippen MR) is 81.4 cm³/mol. The first-order valence-corrected chi connectivity index (χ1v) is 8.24. The third-order valence-electron chi connectivity index (χ3n) is 3.89. The van der Waals surface area contributed by atoms with Crippen molar-refractivity contribution in [2.75, 3.05) is 33.0 Å². The molecule has 1 heterocycles. The molecule has 1 fully saturated rings. The molecular weight excluding hydrogens is 274 g/mol. The van der Waals surface area contributed by atoms with E-state index < -0.39 is 10.0 Å². The molecule has 112 valence electrons. The van der Waals surface area contributed by atoms with Crippen LogP contribution in [0.3, 0.4) is 0 Å². The lowest BCUT2D eigenvalue weighted by Crippen LogP contribution is -2.25. The highest BCUT2D eigenvalue weighted by molar-refractivity contribution is 7.89. The molecule has 5 nitrogen and oxygen atoms in total. The predicted octanol–water partition coefficient (Wildman–Crippen LogP) is 1.44. The van der Waals surface area contributed by atoms with E-state index in [1.165, 1.54) is 18.4 Å². The molecule has 1 aromatic carbocycles. The number of anilines is 1. The van der Waals surface area contributed by atoms with E-state index in [2.05, 4.69) is 24.2 Å². The number of sulfonamides is 1. The van der Waals surface area contributed by atoms with E-state index in [-0.39, 0.29) is 0 Å². The first-order chi connectivity index (χ1) is 9.30. The van der Waals surface area contributed by atoms with Gasteiger partial charge in [0.05, 0.1) is 4.90 Å². The van der Waals surface area contributed by atoms with E-state index >= 15 is 0 Å². The van der Waals surface area contributed by atoms with E-state index in [9.17, 15) is 8.42 Å². The monoisotopic (exact) mass is 297 g/mol. The molecule has 1 aliphatic heterocycles.